The highest BCUT2D eigenvalue weighted by atomic mass is 16.1. The van der Waals surface area contributed by atoms with Gasteiger partial charge in [-0.1, -0.05) is 37.3 Å². The lowest BCUT2D eigenvalue weighted by Gasteiger charge is -2.36. The van der Waals surface area contributed by atoms with Crippen molar-refractivity contribution in [3.05, 3.63) is 35.9 Å². The molecule has 3 nitrogen and oxygen atoms in total. The van der Waals surface area contributed by atoms with Crippen LogP contribution in [0.2, 0.25) is 0 Å². The van der Waals surface area contributed by atoms with Crippen molar-refractivity contribution in [2.75, 3.05) is 7.05 Å². The number of carbonyl (C=O) groups excluding carboxylic acids is 1. The van der Waals surface area contributed by atoms with Crippen LogP contribution in [0.1, 0.15) is 31.9 Å². The Morgan fingerprint density at radius 1 is 1.38 bits per heavy atom. The molecule has 1 amide bonds. The zero-order valence-corrected chi connectivity index (χ0v) is 10.2. The number of amides is 1. The van der Waals surface area contributed by atoms with E-state index in [1.54, 1.807) is 0 Å². The lowest BCUT2D eigenvalue weighted by molar-refractivity contribution is -0.110. The first-order valence-electron chi connectivity index (χ1n) is 5.61. The van der Waals surface area contributed by atoms with E-state index in [0.29, 0.717) is 0 Å². The van der Waals surface area contributed by atoms with E-state index in [9.17, 15) is 4.79 Å². The highest BCUT2D eigenvalue weighted by Gasteiger charge is 2.31. The summed E-state index contributed by atoms with van der Waals surface area (Å²) < 4.78 is 0. The average molecular weight is 220 g/mol. The molecule has 0 bridgehead atoms. The molecule has 1 rings (SSSR count). The second-order valence-electron chi connectivity index (χ2n) is 4.15. The molecule has 2 unspecified atom stereocenters. The van der Waals surface area contributed by atoms with Crippen LogP contribution in [-0.4, -0.2) is 19.0 Å². The monoisotopic (exact) mass is 220 g/mol. The number of hydrogen-bond donors (Lipinski definition) is 2. The fraction of sp³-hybridized carbons (Fsp3) is 0.462. The van der Waals surface area contributed by atoms with Crippen LogP contribution in [0.15, 0.2) is 30.3 Å². The van der Waals surface area contributed by atoms with Gasteiger partial charge in [0.15, 0.2) is 0 Å². The smallest absolute Gasteiger partial charge is 0.207 e. The SMILES string of the molecule is CCC(C)(NC)C(NC=O)c1ccccc1. The van der Waals surface area contributed by atoms with Gasteiger partial charge in [-0.05, 0) is 26.0 Å². The topological polar surface area (TPSA) is 41.1 Å². The Balaban J connectivity index is 3.03. The van der Waals surface area contributed by atoms with E-state index in [1.165, 1.54) is 0 Å². The highest BCUT2D eigenvalue weighted by Crippen LogP contribution is 2.27. The van der Waals surface area contributed by atoms with Crippen LogP contribution in [0.3, 0.4) is 0 Å². The average Bonchev–Trinajstić information content (AvgIpc) is 2.36. The van der Waals surface area contributed by atoms with Gasteiger partial charge in [-0.3, -0.25) is 4.79 Å². The van der Waals surface area contributed by atoms with Gasteiger partial charge >= 0.3 is 0 Å². The van der Waals surface area contributed by atoms with Crippen molar-refractivity contribution < 1.29 is 4.79 Å². The Labute approximate surface area is 97.2 Å². The molecular weight excluding hydrogens is 200 g/mol. The van der Waals surface area contributed by atoms with E-state index in [-0.39, 0.29) is 11.6 Å². The van der Waals surface area contributed by atoms with E-state index in [4.69, 9.17) is 0 Å². The van der Waals surface area contributed by atoms with Gasteiger partial charge in [-0.25, -0.2) is 0 Å². The lowest BCUT2D eigenvalue weighted by atomic mass is 9.85. The summed E-state index contributed by atoms with van der Waals surface area (Å²) in [5.41, 5.74) is 0.982. The van der Waals surface area contributed by atoms with Crippen LogP contribution >= 0.6 is 0 Å². The summed E-state index contributed by atoms with van der Waals surface area (Å²) in [6.07, 6.45) is 1.70. The van der Waals surface area contributed by atoms with Crippen molar-refractivity contribution in [3.8, 4) is 0 Å². The van der Waals surface area contributed by atoms with Crippen molar-refractivity contribution in [3.63, 3.8) is 0 Å². The third kappa shape index (κ3) is 2.61. The molecule has 0 radical (unpaired) electrons. The molecule has 0 saturated heterocycles. The quantitative estimate of drug-likeness (QED) is 0.718. The molecule has 0 spiro atoms. The fourth-order valence-corrected chi connectivity index (χ4v) is 1.89. The third-order valence-electron chi connectivity index (χ3n) is 3.31. The van der Waals surface area contributed by atoms with Crippen LogP contribution in [0.4, 0.5) is 0 Å². The summed E-state index contributed by atoms with van der Waals surface area (Å²) >= 11 is 0. The fourth-order valence-electron chi connectivity index (χ4n) is 1.89. The number of rotatable bonds is 6. The molecule has 16 heavy (non-hydrogen) atoms. The van der Waals surface area contributed by atoms with Gasteiger partial charge in [0, 0.05) is 5.54 Å². The maximum Gasteiger partial charge on any atom is 0.207 e. The molecule has 88 valence electrons. The van der Waals surface area contributed by atoms with Crippen LogP contribution in [0.5, 0.6) is 0 Å². The minimum Gasteiger partial charge on any atom is -0.350 e. The van der Waals surface area contributed by atoms with Crippen molar-refractivity contribution in [2.24, 2.45) is 0 Å². The summed E-state index contributed by atoms with van der Waals surface area (Å²) in [4.78, 5) is 10.7. The lowest BCUT2D eigenvalue weighted by Crippen LogP contribution is -2.50. The van der Waals surface area contributed by atoms with Gasteiger partial charge in [0.2, 0.25) is 6.41 Å². The number of nitrogens with one attached hydrogen (secondary N) is 2. The molecular formula is C13H20N2O. The third-order valence-corrected chi connectivity index (χ3v) is 3.31. The minimum atomic E-state index is -0.137. The van der Waals surface area contributed by atoms with Gasteiger partial charge in [0.25, 0.3) is 0 Å². The van der Waals surface area contributed by atoms with Crippen molar-refractivity contribution >= 4 is 6.41 Å². The maximum atomic E-state index is 10.7. The highest BCUT2D eigenvalue weighted by molar-refractivity contribution is 5.48. The summed E-state index contributed by atoms with van der Waals surface area (Å²) in [7, 11) is 1.92. The summed E-state index contributed by atoms with van der Waals surface area (Å²) in [6, 6.07) is 10.0. The van der Waals surface area contributed by atoms with E-state index in [2.05, 4.69) is 24.5 Å². The molecule has 1 aromatic rings. The predicted molar refractivity (Wildman–Crippen MR) is 66.1 cm³/mol. The molecule has 3 heteroatoms. The van der Waals surface area contributed by atoms with Crippen LogP contribution in [0.25, 0.3) is 0 Å². The first kappa shape index (κ1) is 12.7. The molecule has 0 fully saturated rings. The molecule has 2 N–H and O–H groups in total. The van der Waals surface area contributed by atoms with Gasteiger partial charge in [-0.15, -0.1) is 0 Å². The zero-order valence-electron chi connectivity index (χ0n) is 10.2. The van der Waals surface area contributed by atoms with E-state index in [0.717, 1.165) is 18.4 Å². The Morgan fingerprint density at radius 3 is 2.44 bits per heavy atom. The predicted octanol–water partition coefficient (Wildman–Crippen LogP) is 1.86. The summed E-state index contributed by atoms with van der Waals surface area (Å²) in [6.45, 7) is 4.22. The molecule has 0 aliphatic carbocycles. The van der Waals surface area contributed by atoms with Gasteiger partial charge in [0.05, 0.1) is 6.04 Å². The van der Waals surface area contributed by atoms with Gasteiger partial charge in [-0.2, -0.15) is 0 Å². The largest absolute Gasteiger partial charge is 0.350 e. The van der Waals surface area contributed by atoms with Gasteiger partial charge in [0.1, 0.15) is 0 Å². The van der Waals surface area contributed by atoms with E-state index in [1.807, 2.05) is 37.4 Å². The second-order valence-corrected chi connectivity index (χ2v) is 4.15. The Morgan fingerprint density at radius 2 is 2.00 bits per heavy atom. The normalized spacial score (nSPS) is 16.2. The first-order valence-corrected chi connectivity index (χ1v) is 5.61. The number of carbonyl (C=O) groups is 1. The zero-order chi connectivity index (χ0) is 12.0. The Bertz CT molecular complexity index is 320. The van der Waals surface area contributed by atoms with E-state index >= 15 is 0 Å². The van der Waals surface area contributed by atoms with Crippen molar-refractivity contribution in [2.45, 2.75) is 31.8 Å². The van der Waals surface area contributed by atoms with Crippen LogP contribution in [0, 0.1) is 0 Å². The molecule has 0 aliphatic heterocycles. The molecule has 0 saturated carbocycles. The standard InChI is InChI=1S/C13H20N2O/c1-4-13(2,14-3)12(15-10-16)11-8-6-5-7-9-11/h5-10,12,14H,4H2,1-3H3,(H,15,16). The Hall–Kier alpha value is -1.35. The molecule has 0 aliphatic rings. The number of benzene rings is 1. The molecule has 2 atom stereocenters. The maximum absolute atomic E-state index is 10.7. The number of likely N-dealkylation sites (N-methyl/N-ethyl adjacent to an activating group) is 1. The van der Waals surface area contributed by atoms with E-state index < -0.39 is 0 Å². The second kappa shape index (κ2) is 5.66. The summed E-state index contributed by atoms with van der Waals surface area (Å²) in [5.74, 6) is 0. The molecule has 0 heterocycles. The van der Waals surface area contributed by atoms with Crippen molar-refractivity contribution in [1.82, 2.24) is 10.6 Å². The van der Waals surface area contributed by atoms with Crippen molar-refractivity contribution in [1.29, 1.82) is 0 Å². The van der Waals surface area contributed by atoms with Gasteiger partial charge < -0.3 is 10.6 Å². The first-order chi connectivity index (χ1) is 7.68. The summed E-state index contributed by atoms with van der Waals surface area (Å²) in [5, 5.41) is 6.19. The molecule has 1 aromatic carbocycles. The Kier molecular flexibility index (Phi) is 4.50. The minimum absolute atomic E-state index is 0.0128. The number of hydrogen-bond acceptors (Lipinski definition) is 2. The molecule has 0 aromatic heterocycles. The van der Waals surface area contributed by atoms with Crippen LogP contribution in [-0.2, 0) is 4.79 Å². The van der Waals surface area contributed by atoms with Crippen LogP contribution < -0.4 is 10.6 Å².